The minimum Gasteiger partial charge on any atom is -0.386 e. The molecule has 3 saturated heterocycles. The highest BCUT2D eigenvalue weighted by molar-refractivity contribution is 7.68. The molecular formula is C42H52F5N12O39P9. The zero-order valence-electron chi connectivity index (χ0n) is 52.3. The highest BCUT2D eigenvalue weighted by Gasteiger charge is 2.63. The molecule has 0 radical (unpaired) electrons. The van der Waals surface area contributed by atoms with Crippen LogP contribution in [0.4, 0.5) is 39.8 Å². The van der Waals surface area contributed by atoms with Crippen LogP contribution in [0.25, 0.3) is 33.1 Å². The number of nitrogen functional groups attached to an aromatic ring is 3. The van der Waals surface area contributed by atoms with Gasteiger partial charge in [-0.05, 0) is 26.8 Å². The maximum absolute atomic E-state index is 15.7. The summed E-state index contributed by atoms with van der Waals surface area (Å²) >= 11 is 0. The van der Waals surface area contributed by atoms with E-state index in [0.717, 1.165) is 31.5 Å². The average Bonchev–Trinajstić information content (AvgIpc) is 1.59. The predicted octanol–water partition coefficient (Wildman–Crippen LogP) is -0.807. The van der Waals surface area contributed by atoms with Crippen LogP contribution in [0.3, 0.4) is 0 Å². The van der Waals surface area contributed by atoms with Crippen LogP contribution < -0.4 is 33.9 Å². The first kappa shape index (κ1) is 88.2. The normalized spacial score (nSPS) is 29.1. The number of aliphatic hydroxyl groups is 3. The van der Waals surface area contributed by atoms with Gasteiger partial charge in [0.25, 0.3) is 16.7 Å². The van der Waals surface area contributed by atoms with Crippen molar-refractivity contribution in [1.29, 1.82) is 0 Å². The molecule has 0 aromatic carbocycles. The number of hydrogen-bond donors (Lipinski definition) is 21. The van der Waals surface area contributed by atoms with E-state index in [9.17, 15) is 109 Å². The number of aromatic nitrogens is 9. The Labute approximate surface area is 586 Å². The molecule has 9 unspecified atom stereocenters. The Morgan fingerprint density at radius 2 is 0.729 bits per heavy atom. The van der Waals surface area contributed by atoms with E-state index in [2.05, 4.69) is 59.4 Å². The number of nitrogens with two attached hydrogens (primary N) is 3. The van der Waals surface area contributed by atoms with Crippen LogP contribution in [0.15, 0.2) is 39.0 Å². The van der Waals surface area contributed by atoms with Gasteiger partial charge in [-0.25, -0.2) is 63.0 Å². The molecular weight excluding hydrogens is 1670 g/mol. The van der Waals surface area contributed by atoms with E-state index >= 15 is 13.2 Å². The second-order valence-electron chi connectivity index (χ2n) is 21.6. The van der Waals surface area contributed by atoms with Crippen molar-refractivity contribution < 1.29 is 191 Å². The number of nitrogens with zero attached hydrogens (tertiary/aromatic N) is 6. The van der Waals surface area contributed by atoms with Gasteiger partial charge in [0.1, 0.15) is 47.4 Å². The molecule has 0 saturated carbocycles. The van der Waals surface area contributed by atoms with Gasteiger partial charge in [-0.3, -0.25) is 52.0 Å². The summed E-state index contributed by atoms with van der Waals surface area (Å²) in [5.41, 5.74) is 2.98. The molecule has 3 aliphatic rings. The highest BCUT2D eigenvalue weighted by atomic mass is 31.3. The van der Waals surface area contributed by atoms with Gasteiger partial charge in [-0.1, -0.05) is 17.8 Å². The van der Waals surface area contributed by atoms with Crippen molar-refractivity contribution in [2.45, 2.75) is 111 Å². The van der Waals surface area contributed by atoms with Gasteiger partial charge in [0.2, 0.25) is 34.9 Å². The van der Waals surface area contributed by atoms with Crippen molar-refractivity contribution in [3.63, 3.8) is 0 Å². The molecule has 3 aliphatic heterocycles. The Hall–Kier alpha value is -6.02. The molecule has 65 heteroatoms. The first-order valence-electron chi connectivity index (χ1n) is 27.4. The minimum absolute atomic E-state index is 0.0403. The third-order valence-electron chi connectivity index (χ3n) is 14.0. The van der Waals surface area contributed by atoms with Gasteiger partial charge in [0, 0.05) is 18.6 Å². The number of rotatable bonds is 24. The third-order valence-corrected chi connectivity index (χ3v) is 25.8. The number of phosphoric acid groups is 9. The van der Waals surface area contributed by atoms with Crippen LogP contribution in [0.1, 0.15) is 39.5 Å². The number of terminal acetylenes is 3. The average molecular weight is 1720 g/mol. The van der Waals surface area contributed by atoms with Crippen LogP contribution in [0.5, 0.6) is 0 Å². The van der Waals surface area contributed by atoms with Crippen LogP contribution in [-0.4, -0.2) is 190 Å². The molecule has 0 spiro atoms. The number of halogens is 5. The Morgan fingerprint density at radius 1 is 0.467 bits per heavy atom. The lowest BCUT2D eigenvalue weighted by atomic mass is 9.95. The molecule has 107 heavy (non-hydrogen) atoms. The van der Waals surface area contributed by atoms with Gasteiger partial charge in [0.15, 0.2) is 47.3 Å². The SMILES string of the molecule is C#CC1(F)[C@@H](O)[C@@H]([C@@H](C)OP(=O)(O)OP(=O)(O)OP(=O)(O)O)O[C@H]1n1cc(F)c2c(=O)[nH]c(N)nc21.C#CC1(F)[C@@H](O)[C@@H]([C@@H](C)OP(=O)(O)OP(=O)(O)OP(=O)(O)O)O[C@H]1n1ccc2c(=O)[nH]c(N)nc21.C#CC1(F)[C@@H](O)[C@@H]([C@H](C)OP(=O)(O)OP(=O)(O)OP(=O)(O)O)O[C@H]1n1cc(F)c2c(=O)[nH]c(N)nc21. The molecule has 0 amide bonds. The number of alkyl halides is 3. The third kappa shape index (κ3) is 20.0. The number of aromatic amines is 3. The van der Waals surface area contributed by atoms with Crippen molar-refractivity contribution in [2.75, 3.05) is 17.2 Å². The van der Waals surface area contributed by atoms with Gasteiger partial charge in [-0.15, -0.1) is 19.3 Å². The summed E-state index contributed by atoms with van der Waals surface area (Å²) in [5, 5.41) is 30.1. The molecule has 6 aromatic rings. The summed E-state index contributed by atoms with van der Waals surface area (Å²) in [5.74, 6) is 1.24. The lowest BCUT2D eigenvalue weighted by Crippen LogP contribution is -2.44. The lowest BCUT2D eigenvalue weighted by molar-refractivity contribution is -0.0755. The maximum Gasteiger partial charge on any atom is 0.490 e. The minimum atomic E-state index is -5.87. The highest BCUT2D eigenvalue weighted by Crippen LogP contribution is 2.70. The molecule has 0 bridgehead atoms. The molecule has 594 valence electrons. The number of anilines is 3. The smallest absolute Gasteiger partial charge is 0.386 e. The van der Waals surface area contributed by atoms with Crippen molar-refractivity contribution in [3.8, 4) is 37.0 Å². The number of aliphatic hydroxyl groups excluding tert-OH is 3. The number of nitrogens with one attached hydrogen (secondary N) is 3. The Balaban J connectivity index is 0.000000224. The second kappa shape index (κ2) is 30.9. The second-order valence-corrected chi connectivity index (χ2v) is 34.7. The first-order chi connectivity index (χ1) is 48.5. The molecule has 0 aliphatic carbocycles. The van der Waals surface area contributed by atoms with Crippen LogP contribution >= 0.6 is 70.4 Å². The van der Waals surface area contributed by atoms with Crippen molar-refractivity contribution in [2.24, 2.45) is 0 Å². The molecule has 3 fully saturated rings. The predicted molar refractivity (Wildman–Crippen MR) is 335 cm³/mol. The van der Waals surface area contributed by atoms with Crippen molar-refractivity contribution in [1.82, 2.24) is 43.6 Å². The fourth-order valence-corrected chi connectivity index (χ4v) is 19.7. The molecule has 21 atom stereocenters. The maximum atomic E-state index is 15.7. The van der Waals surface area contributed by atoms with Gasteiger partial charge >= 0.3 is 70.4 Å². The monoisotopic (exact) mass is 1720 g/mol. The van der Waals surface area contributed by atoms with Gasteiger partial charge < -0.3 is 110 Å². The number of fused-ring (bicyclic) bond motifs is 3. The van der Waals surface area contributed by atoms with Crippen LogP contribution in [0, 0.1) is 48.7 Å². The van der Waals surface area contributed by atoms with Crippen molar-refractivity contribution in [3.05, 3.63) is 67.4 Å². The number of hydrogen-bond acceptors (Lipinski definition) is 33. The first-order valence-corrected chi connectivity index (χ1v) is 41.0. The summed E-state index contributed by atoms with van der Waals surface area (Å²) < 4.78 is 232. The van der Waals surface area contributed by atoms with Crippen LogP contribution in [0.2, 0.25) is 0 Å². The Bertz CT molecular complexity index is 5050. The summed E-state index contributed by atoms with van der Waals surface area (Å²) in [6.07, 6.45) is -6.41. The van der Waals surface area contributed by atoms with E-state index in [4.69, 9.17) is 80.0 Å². The van der Waals surface area contributed by atoms with E-state index in [1.54, 1.807) is 17.8 Å². The van der Waals surface area contributed by atoms with E-state index in [-0.39, 0.29) is 17.0 Å². The van der Waals surface area contributed by atoms with E-state index in [1.807, 2.05) is 9.97 Å². The molecule has 24 N–H and O–H groups in total. The summed E-state index contributed by atoms with van der Waals surface area (Å²) in [7, 11) is -51.6. The summed E-state index contributed by atoms with van der Waals surface area (Å²) in [6, 6.07) is 1.23. The zero-order chi connectivity index (χ0) is 81.4. The fraction of sp³-hybridized carbons (Fsp3) is 0.429. The van der Waals surface area contributed by atoms with E-state index < -0.39 is 223 Å². The van der Waals surface area contributed by atoms with Crippen molar-refractivity contribution >= 4 is 121 Å². The van der Waals surface area contributed by atoms with E-state index in [1.165, 1.54) is 6.07 Å². The molecule has 9 heterocycles. The Kier molecular flexibility index (Phi) is 25.5. The zero-order valence-corrected chi connectivity index (χ0v) is 60.4. The lowest BCUT2D eigenvalue weighted by Gasteiger charge is -2.25. The number of ether oxygens (including phenoxy) is 3. The fourth-order valence-electron chi connectivity index (χ4n) is 10.1. The topological polar surface area (TPSA) is 798 Å². The molecule has 9 rings (SSSR count). The standard InChI is InChI=1S/2C14H17F2N4O13P3.C14H18FN4O13P3/c2*1-3-14(16)9(21)8(5(2)31-35(26,27)33-36(28,29)32-34(23,24)25)30-12(14)20-4-6(15)7-10(20)18-13(17)19-11(7)22;1-3-14(15)9(20)8(6(2)30-34(25,26)32-35(27,28)31-33(22,23)24)29-12(14)19-5-4-7-10(19)17-13(16)18-11(7)21/h2*1,4-5,8-9,12,21H,2H3,(H,26,27)(H,28,29)(H2,23,24,25)(H3,17,18,19,22);1,4-6,8-9,12,20H,2H3,(H,25,26)(H,27,28)(H2,22,23,24)(H3,16,17,18,21)/t5-,8+,9-,12+,14?;5-,8-,9+,12-,14?;6-,8-,9+,12-,14?/m011/s1. The quantitative estimate of drug-likeness (QED) is 0.0200. The molecule has 51 nitrogen and oxygen atoms in total. The number of H-pyrrole nitrogens is 3. The largest absolute Gasteiger partial charge is 0.490 e. The summed E-state index contributed by atoms with van der Waals surface area (Å²) in [4.78, 5) is 162. The Morgan fingerprint density at radius 3 is 1.00 bits per heavy atom. The van der Waals surface area contributed by atoms with Gasteiger partial charge in [-0.2, -0.15) is 40.8 Å². The van der Waals surface area contributed by atoms with E-state index in [0.29, 0.717) is 21.5 Å². The molecule has 6 aromatic heterocycles. The van der Waals surface area contributed by atoms with Crippen LogP contribution in [-0.2, 0) is 94.7 Å². The number of phosphoric ester groups is 3. The van der Waals surface area contributed by atoms with Gasteiger partial charge in [0.05, 0.1) is 23.7 Å². The summed E-state index contributed by atoms with van der Waals surface area (Å²) in [6.45, 7) is 2.74.